The lowest BCUT2D eigenvalue weighted by Gasteiger charge is -2.32. The van der Waals surface area contributed by atoms with Crippen molar-refractivity contribution in [1.29, 1.82) is 0 Å². The lowest BCUT2D eigenvalue weighted by atomic mass is 10.2. The van der Waals surface area contributed by atoms with E-state index in [4.69, 9.17) is 4.74 Å². The van der Waals surface area contributed by atoms with Crippen LogP contribution in [-0.2, 0) is 34.3 Å². The summed E-state index contributed by atoms with van der Waals surface area (Å²) in [7, 11) is 1.97. The number of nitrogens with one attached hydrogen (secondary N) is 1. The number of rotatable bonds is 6. The third kappa shape index (κ3) is 4.46. The maximum absolute atomic E-state index is 12.8. The fourth-order valence-electron chi connectivity index (χ4n) is 3.85. The molecule has 1 saturated heterocycles. The molecule has 3 heterocycles. The number of benzene rings is 1. The Morgan fingerprint density at radius 3 is 2.84 bits per heavy atom. The molecule has 4 rings (SSSR count). The van der Waals surface area contributed by atoms with Crippen LogP contribution in [0, 0.1) is 6.92 Å². The summed E-state index contributed by atoms with van der Waals surface area (Å²) in [4.78, 5) is 31.8. The molecule has 1 atom stereocenters. The molecule has 2 aromatic heterocycles. The van der Waals surface area contributed by atoms with E-state index >= 15 is 0 Å². The molecule has 2 amide bonds. The van der Waals surface area contributed by atoms with Crippen molar-refractivity contribution in [2.45, 2.75) is 39.3 Å². The van der Waals surface area contributed by atoms with Gasteiger partial charge in [0.15, 0.2) is 6.10 Å². The Morgan fingerprint density at radius 2 is 2.10 bits per heavy atom. The molecule has 3 aromatic rings. The Hall–Kier alpha value is -3.20. The van der Waals surface area contributed by atoms with E-state index in [0.29, 0.717) is 31.7 Å². The van der Waals surface area contributed by atoms with Crippen molar-refractivity contribution in [3.05, 3.63) is 42.0 Å². The van der Waals surface area contributed by atoms with E-state index in [1.807, 2.05) is 49.7 Å². The zero-order valence-electron chi connectivity index (χ0n) is 18.2. The summed E-state index contributed by atoms with van der Waals surface area (Å²) in [5, 5.41) is 7.21. The molecular weight excluding hydrogens is 396 g/mol. The Morgan fingerprint density at radius 1 is 1.29 bits per heavy atom. The zero-order valence-corrected chi connectivity index (χ0v) is 18.2. The number of morpholine rings is 1. The number of aromatic nitrogens is 4. The highest BCUT2D eigenvalue weighted by Gasteiger charge is 2.29. The number of amides is 2. The summed E-state index contributed by atoms with van der Waals surface area (Å²) < 4.78 is 9.43. The van der Waals surface area contributed by atoms with Gasteiger partial charge in [-0.3, -0.25) is 14.3 Å². The number of imidazole rings is 1. The van der Waals surface area contributed by atoms with Crippen molar-refractivity contribution in [3.8, 4) is 0 Å². The Balaban J connectivity index is 1.35. The van der Waals surface area contributed by atoms with Gasteiger partial charge in [0, 0.05) is 39.2 Å². The zero-order chi connectivity index (χ0) is 22.0. The summed E-state index contributed by atoms with van der Waals surface area (Å²) in [6, 6.07) is 7.92. The molecule has 0 saturated carbocycles. The number of aryl methyl sites for hydroxylation is 4. The first kappa shape index (κ1) is 21.0. The lowest BCUT2D eigenvalue weighted by Crippen LogP contribution is -2.50. The predicted molar refractivity (Wildman–Crippen MR) is 117 cm³/mol. The Labute approximate surface area is 181 Å². The second-order valence-electron chi connectivity index (χ2n) is 7.75. The van der Waals surface area contributed by atoms with Crippen LogP contribution in [0.3, 0.4) is 0 Å². The number of carbonyl (C=O) groups is 2. The minimum Gasteiger partial charge on any atom is -0.365 e. The predicted octanol–water partition coefficient (Wildman–Crippen LogP) is 1.90. The molecule has 0 bridgehead atoms. The molecule has 1 aromatic carbocycles. The SMILES string of the molecule is CCn1cc(NC(=O)C2CN(C(=O)CCc3nc4ccccc4n3C)CCO2)c(C)n1. The van der Waals surface area contributed by atoms with E-state index in [1.54, 1.807) is 15.8 Å². The largest absolute Gasteiger partial charge is 0.365 e. The fraction of sp³-hybridized carbons (Fsp3) is 0.455. The fourth-order valence-corrected chi connectivity index (χ4v) is 3.85. The maximum Gasteiger partial charge on any atom is 0.255 e. The van der Waals surface area contributed by atoms with Gasteiger partial charge >= 0.3 is 0 Å². The quantitative estimate of drug-likeness (QED) is 0.652. The highest BCUT2D eigenvalue weighted by Crippen LogP contribution is 2.17. The number of hydrogen-bond donors (Lipinski definition) is 1. The van der Waals surface area contributed by atoms with E-state index in [0.717, 1.165) is 29.1 Å². The van der Waals surface area contributed by atoms with E-state index in [9.17, 15) is 9.59 Å². The summed E-state index contributed by atoms with van der Waals surface area (Å²) in [5.74, 6) is 0.621. The molecule has 31 heavy (non-hydrogen) atoms. The monoisotopic (exact) mass is 424 g/mol. The van der Waals surface area contributed by atoms with Crippen LogP contribution in [0.4, 0.5) is 5.69 Å². The maximum atomic E-state index is 12.8. The Bertz CT molecular complexity index is 1100. The number of carbonyl (C=O) groups excluding carboxylic acids is 2. The van der Waals surface area contributed by atoms with Crippen LogP contribution >= 0.6 is 0 Å². The van der Waals surface area contributed by atoms with Crippen LogP contribution in [0.15, 0.2) is 30.5 Å². The highest BCUT2D eigenvalue weighted by atomic mass is 16.5. The van der Waals surface area contributed by atoms with Crippen LogP contribution in [0.1, 0.15) is 24.9 Å². The molecule has 9 heteroatoms. The summed E-state index contributed by atoms with van der Waals surface area (Å²) in [6.45, 7) is 5.62. The summed E-state index contributed by atoms with van der Waals surface area (Å²) in [6.07, 6.45) is 2.00. The first-order valence-corrected chi connectivity index (χ1v) is 10.6. The van der Waals surface area contributed by atoms with Gasteiger partial charge in [-0.25, -0.2) is 4.98 Å². The lowest BCUT2D eigenvalue weighted by molar-refractivity contribution is -0.144. The molecule has 1 N–H and O–H groups in total. The highest BCUT2D eigenvalue weighted by molar-refractivity contribution is 5.95. The van der Waals surface area contributed by atoms with Crippen LogP contribution in [0.25, 0.3) is 11.0 Å². The van der Waals surface area contributed by atoms with E-state index in [-0.39, 0.29) is 18.4 Å². The molecule has 1 aliphatic rings. The molecule has 1 fully saturated rings. The normalized spacial score (nSPS) is 16.6. The molecule has 1 aliphatic heterocycles. The van der Waals surface area contributed by atoms with Crippen molar-refractivity contribution < 1.29 is 14.3 Å². The number of fused-ring (bicyclic) bond motifs is 1. The number of hydrogen-bond acceptors (Lipinski definition) is 5. The summed E-state index contributed by atoms with van der Waals surface area (Å²) >= 11 is 0. The minimum absolute atomic E-state index is 0.00291. The van der Waals surface area contributed by atoms with Crippen LogP contribution in [0.5, 0.6) is 0 Å². The van der Waals surface area contributed by atoms with Crippen molar-refractivity contribution >= 4 is 28.5 Å². The Kier molecular flexibility index (Phi) is 6.03. The third-order valence-corrected chi connectivity index (χ3v) is 5.68. The van der Waals surface area contributed by atoms with Crippen molar-refractivity contribution in [3.63, 3.8) is 0 Å². The first-order chi connectivity index (χ1) is 15.0. The smallest absolute Gasteiger partial charge is 0.255 e. The van der Waals surface area contributed by atoms with Gasteiger partial charge < -0.3 is 19.5 Å². The molecule has 0 radical (unpaired) electrons. The van der Waals surface area contributed by atoms with Gasteiger partial charge in [0.05, 0.1) is 35.6 Å². The first-order valence-electron chi connectivity index (χ1n) is 10.6. The summed E-state index contributed by atoms with van der Waals surface area (Å²) in [5.41, 5.74) is 3.40. The van der Waals surface area contributed by atoms with Crippen molar-refractivity contribution in [2.24, 2.45) is 7.05 Å². The average Bonchev–Trinajstić information content (AvgIpc) is 3.31. The average molecular weight is 425 g/mol. The van der Waals surface area contributed by atoms with Gasteiger partial charge in [-0.1, -0.05) is 12.1 Å². The number of nitrogens with zero attached hydrogens (tertiary/aromatic N) is 5. The molecule has 0 aliphatic carbocycles. The third-order valence-electron chi connectivity index (χ3n) is 5.68. The second kappa shape index (κ2) is 8.89. The van der Waals surface area contributed by atoms with Gasteiger partial charge in [0.2, 0.25) is 5.91 Å². The van der Waals surface area contributed by atoms with Gasteiger partial charge in [0.1, 0.15) is 5.82 Å². The van der Waals surface area contributed by atoms with Crippen molar-refractivity contribution in [2.75, 3.05) is 25.0 Å². The van der Waals surface area contributed by atoms with E-state index in [1.165, 1.54) is 0 Å². The van der Waals surface area contributed by atoms with Crippen molar-refractivity contribution in [1.82, 2.24) is 24.2 Å². The van der Waals surface area contributed by atoms with Gasteiger partial charge in [-0.15, -0.1) is 0 Å². The van der Waals surface area contributed by atoms with Crippen LogP contribution < -0.4 is 5.32 Å². The van der Waals surface area contributed by atoms with Crippen LogP contribution in [0.2, 0.25) is 0 Å². The topological polar surface area (TPSA) is 94.3 Å². The standard InChI is InChI=1S/C22H28N6O3/c1-4-28-13-17(15(2)25-28)24-22(30)19-14-27(11-12-31-19)21(29)10-9-20-23-16-7-5-6-8-18(16)26(20)3/h5-8,13,19H,4,9-12,14H2,1-3H3,(H,24,30). The second-order valence-corrected chi connectivity index (χ2v) is 7.75. The molecular formula is C22H28N6O3. The number of anilines is 1. The van der Waals surface area contributed by atoms with Crippen LogP contribution in [-0.4, -0.2) is 61.8 Å². The molecule has 164 valence electrons. The van der Waals surface area contributed by atoms with Gasteiger partial charge in [-0.2, -0.15) is 5.10 Å². The number of ether oxygens (including phenoxy) is 1. The molecule has 0 spiro atoms. The van der Waals surface area contributed by atoms with Gasteiger partial charge in [-0.05, 0) is 26.0 Å². The molecule has 1 unspecified atom stereocenters. The minimum atomic E-state index is -0.696. The van der Waals surface area contributed by atoms with Gasteiger partial charge in [0.25, 0.3) is 5.91 Å². The number of para-hydroxylation sites is 2. The van der Waals surface area contributed by atoms with E-state index in [2.05, 4.69) is 15.4 Å². The molecule has 9 nitrogen and oxygen atoms in total. The van der Waals surface area contributed by atoms with E-state index < -0.39 is 6.10 Å².